The largest absolute Gasteiger partial charge is 0.482 e. The van der Waals surface area contributed by atoms with Crippen LogP contribution in [0.3, 0.4) is 0 Å². The lowest BCUT2D eigenvalue weighted by Crippen LogP contribution is -2.43. The minimum Gasteiger partial charge on any atom is -0.482 e. The number of nitrogens with zero attached hydrogens (tertiary/aromatic N) is 2. The highest BCUT2D eigenvalue weighted by molar-refractivity contribution is 5.77. The molecule has 1 N–H and O–H groups in total. The van der Waals surface area contributed by atoms with Gasteiger partial charge in [-0.1, -0.05) is 42.5 Å². The molecule has 130 valence electrons. The van der Waals surface area contributed by atoms with Crippen LogP contribution in [-0.2, 0) is 11.2 Å². The number of nitrogens with one attached hydrogen (secondary N) is 1. The lowest BCUT2D eigenvalue weighted by atomic mass is 10.1. The van der Waals surface area contributed by atoms with Gasteiger partial charge >= 0.3 is 0 Å². The van der Waals surface area contributed by atoms with Crippen LogP contribution in [0.25, 0.3) is 0 Å². The summed E-state index contributed by atoms with van der Waals surface area (Å²) in [6.45, 7) is 0.425. The van der Waals surface area contributed by atoms with E-state index in [1.807, 2.05) is 38.4 Å². The van der Waals surface area contributed by atoms with Crippen molar-refractivity contribution < 1.29 is 9.53 Å². The second-order valence-electron chi connectivity index (χ2n) is 6.01. The number of likely N-dealkylation sites (N-methyl/N-ethyl adjacent to an activating group) is 1. The average Bonchev–Trinajstić information content (AvgIpc) is 2.64. The van der Waals surface area contributed by atoms with Crippen molar-refractivity contribution in [3.05, 3.63) is 65.7 Å². The zero-order valence-corrected chi connectivity index (χ0v) is 14.6. The molecule has 0 aliphatic carbocycles. The van der Waals surface area contributed by atoms with Crippen molar-refractivity contribution in [3.63, 3.8) is 0 Å². The van der Waals surface area contributed by atoms with E-state index in [4.69, 9.17) is 10.00 Å². The summed E-state index contributed by atoms with van der Waals surface area (Å²) in [6, 6.07) is 19.3. The van der Waals surface area contributed by atoms with E-state index >= 15 is 0 Å². The molecule has 0 saturated heterocycles. The molecule has 5 heteroatoms. The van der Waals surface area contributed by atoms with E-state index in [-0.39, 0.29) is 18.6 Å². The highest BCUT2D eigenvalue weighted by Crippen LogP contribution is 2.16. The Balaban J connectivity index is 1.84. The Morgan fingerprint density at radius 3 is 2.52 bits per heavy atom. The molecule has 0 spiro atoms. The lowest BCUT2D eigenvalue weighted by molar-refractivity contribution is -0.123. The Kier molecular flexibility index (Phi) is 7.00. The second kappa shape index (κ2) is 9.45. The number of benzene rings is 2. The highest BCUT2D eigenvalue weighted by atomic mass is 16.5. The summed E-state index contributed by atoms with van der Waals surface area (Å²) < 4.78 is 5.45. The minimum absolute atomic E-state index is 0.107. The molecule has 0 heterocycles. The summed E-state index contributed by atoms with van der Waals surface area (Å²) in [6.07, 6.45) is 0.853. The van der Waals surface area contributed by atoms with Crippen molar-refractivity contribution in [2.24, 2.45) is 0 Å². The van der Waals surface area contributed by atoms with Crippen molar-refractivity contribution in [2.75, 3.05) is 27.2 Å². The first-order chi connectivity index (χ1) is 12.1. The predicted octanol–water partition coefficient (Wildman–Crippen LogP) is 2.23. The average molecular weight is 337 g/mol. The molecule has 2 rings (SSSR count). The maximum Gasteiger partial charge on any atom is 0.257 e. The van der Waals surface area contributed by atoms with E-state index in [0.29, 0.717) is 17.9 Å². The van der Waals surface area contributed by atoms with Crippen LogP contribution in [0.2, 0.25) is 0 Å². The molecule has 0 bridgehead atoms. The van der Waals surface area contributed by atoms with Crippen LogP contribution >= 0.6 is 0 Å². The molecular weight excluding hydrogens is 314 g/mol. The maximum absolute atomic E-state index is 12.1. The quantitative estimate of drug-likeness (QED) is 0.802. The number of hydrogen-bond acceptors (Lipinski definition) is 4. The van der Waals surface area contributed by atoms with Crippen molar-refractivity contribution >= 4 is 5.91 Å². The molecular formula is C20H23N3O2. The number of hydrogen-bond donors (Lipinski definition) is 1. The van der Waals surface area contributed by atoms with E-state index in [1.54, 1.807) is 24.3 Å². The SMILES string of the molecule is CN(C)C(CNC(=O)COc1ccccc1C#N)Cc1ccccc1. The van der Waals surface area contributed by atoms with Gasteiger partial charge in [-0.25, -0.2) is 0 Å². The Hall–Kier alpha value is -2.84. The topological polar surface area (TPSA) is 65.4 Å². The molecule has 1 amide bonds. The van der Waals surface area contributed by atoms with Crippen molar-refractivity contribution in [1.29, 1.82) is 5.26 Å². The monoisotopic (exact) mass is 337 g/mol. The summed E-state index contributed by atoms with van der Waals surface area (Å²) in [4.78, 5) is 14.2. The Morgan fingerprint density at radius 1 is 1.16 bits per heavy atom. The zero-order valence-electron chi connectivity index (χ0n) is 14.6. The van der Waals surface area contributed by atoms with Gasteiger partial charge in [0.15, 0.2) is 6.61 Å². The zero-order chi connectivity index (χ0) is 18.1. The van der Waals surface area contributed by atoms with E-state index in [1.165, 1.54) is 5.56 Å². The minimum atomic E-state index is -0.201. The van der Waals surface area contributed by atoms with E-state index in [9.17, 15) is 4.79 Å². The summed E-state index contributed by atoms with van der Waals surface area (Å²) in [5.74, 6) is 0.223. The molecule has 0 aromatic heterocycles. The summed E-state index contributed by atoms with van der Waals surface area (Å²) in [5.41, 5.74) is 1.65. The number of carbonyl (C=O) groups is 1. The number of para-hydroxylation sites is 1. The Morgan fingerprint density at radius 2 is 1.84 bits per heavy atom. The molecule has 25 heavy (non-hydrogen) atoms. The molecule has 0 aliphatic heterocycles. The van der Waals surface area contributed by atoms with Crippen molar-refractivity contribution in [2.45, 2.75) is 12.5 Å². The number of amides is 1. The summed E-state index contributed by atoms with van der Waals surface area (Å²) in [7, 11) is 4.00. The standard InChI is InChI=1S/C20H23N3O2/c1-23(2)18(12-16-8-4-3-5-9-16)14-22-20(24)15-25-19-11-7-6-10-17(19)13-21/h3-11,18H,12,14-15H2,1-2H3,(H,22,24). The van der Waals surface area contributed by atoms with Crippen LogP contribution in [0.5, 0.6) is 5.75 Å². The lowest BCUT2D eigenvalue weighted by Gasteiger charge is -2.24. The molecule has 1 unspecified atom stereocenters. The van der Waals surface area contributed by atoms with E-state index < -0.39 is 0 Å². The van der Waals surface area contributed by atoms with Gasteiger partial charge in [-0.3, -0.25) is 4.79 Å². The third kappa shape index (κ3) is 5.94. The molecule has 0 saturated carbocycles. The number of nitriles is 1. The Bertz CT molecular complexity index is 723. The molecule has 2 aromatic rings. The molecule has 2 aromatic carbocycles. The maximum atomic E-state index is 12.1. The molecule has 5 nitrogen and oxygen atoms in total. The van der Waals surface area contributed by atoms with E-state index in [0.717, 1.165) is 6.42 Å². The van der Waals surface area contributed by atoms with Gasteiger partial charge in [-0.2, -0.15) is 5.26 Å². The van der Waals surface area contributed by atoms with E-state index in [2.05, 4.69) is 22.3 Å². The summed E-state index contributed by atoms with van der Waals surface area (Å²) >= 11 is 0. The molecule has 1 atom stereocenters. The van der Waals surface area contributed by atoms with Gasteiger partial charge in [-0.15, -0.1) is 0 Å². The van der Waals surface area contributed by atoms with Crippen LogP contribution in [0.1, 0.15) is 11.1 Å². The fraction of sp³-hybridized carbons (Fsp3) is 0.300. The predicted molar refractivity (Wildman–Crippen MR) is 97.3 cm³/mol. The van der Waals surface area contributed by atoms with Gasteiger partial charge < -0.3 is 15.0 Å². The van der Waals surface area contributed by atoms with Gasteiger partial charge in [0.1, 0.15) is 11.8 Å². The second-order valence-corrected chi connectivity index (χ2v) is 6.01. The highest BCUT2D eigenvalue weighted by Gasteiger charge is 2.14. The fourth-order valence-electron chi connectivity index (χ4n) is 2.43. The Labute approximate surface area is 148 Å². The van der Waals surface area contributed by atoms with Crippen molar-refractivity contribution in [3.8, 4) is 11.8 Å². The molecule has 0 radical (unpaired) electrons. The fourth-order valence-corrected chi connectivity index (χ4v) is 2.43. The van der Waals surface area contributed by atoms with Crippen LogP contribution in [0.4, 0.5) is 0 Å². The third-order valence-electron chi connectivity index (χ3n) is 3.95. The smallest absolute Gasteiger partial charge is 0.257 e. The van der Waals surface area contributed by atoms with Gasteiger partial charge in [0.05, 0.1) is 5.56 Å². The van der Waals surface area contributed by atoms with Crippen LogP contribution in [0, 0.1) is 11.3 Å². The normalized spacial score (nSPS) is 11.6. The first kappa shape index (κ1) is 18.5. The first-order valence-corrected chi connectivity index (χ1v) is 8.19. The molecule has 0 fully saturated rings. The van der Waals surface area contributed by atoms with Gasteiger partial charge in [0, 0.05) is 12.6 Å². The van der Waals surface area contributed by atoms with Gasteiger partial charge in [-0.05, 0) is 38.2 Å². The van der Waals surface area contributed by atoms with Crippen LogP contribution < -0.4 is 10.1 Å². The number of rotatable bonds is 8. The third-order valence-corrected chi connectivity index (χ3v) is 3.95. The molecule has 0 aliphatic rings. The van der Waals surface area contributed by atoms with Gasteiger partial charge in [0.25, 0.3) is 5.91 Å². The summed E-state index contributed by atoms with van der Waals surface area (Å²) in [5, 5.41) is 11.9. The van der Waals surface area contributed by atoms with Crippen molar-refractivity contribution in [1.82, 2.24) is 10.2 Å². The van der Waals surface area contributed by atoms with Crippen LogP contribution in [-0.4, -0.2) is 44.1 Å². The van der Waals surface area contributed by atoms with Gasteiger partial charge in [0.2, 0.25) is 0 Å². The van der Waals surface area contributed by atoms with Crippen LogP contribution in [0.15, 0.2) is 54.6 Å². The first-order valence-electron chi connectivity index (χ1n) is 8.19. The number of ether oxygens (including phenoxy) is 1. The number of carbonyl (C=O) groups excluding carboxylic acids is 1.